The van der Waals surface area contributed by atoms with Gasteiger partial charge in [-0.05, 0) is 35.4 Å². The Morgan fingerprint density at radius 1 is 1.07 bits per heavy atom. The van der Waals surface area contributed by atoms with Crippen LogP contribution in [0.1, 0.15) is 16.7 Å². The zero-order chi connectivity index (χ0) is 21.3. The Morgan fingerprint density at radius 2 is 1.80 bits per heavy atom. The number of halogens is 1. The molecule has 0 saturated heterocycles. The van der Waals surface area contributed by atoms with Gasteiger partial charge >= 0.3 is 5.69 Å². The molecule has 0 aromatic heterocycles. The number of ether oxygens (including phenoxy) is 1. The van der Waals surface area contributed by atoms with Crippen molar-refractivity contribution in [3.8, 4) is 5.75 Å². The lowest BCUT2D eigenvalue weighted by Crippen LogP contribution is -2.19. The van der Waals surface area contributed by atoms with E-state index in [-0.39, 0.29) is 30.3 Å². The maximum atomic E-state index is 12.9. The zero-order valence-electron chi connectivity index (χ0n) is 15.8. The molecule has 0 unspecified atom stereocenters. The summed E-state index contributed by atoms with van der Waals surface area (Å²) in [5.74, 6) is -0.633. The highest BCUT2D eigenvalue weighted by Gasteiger charge is 2.16. The maximum absolute atomic E-state index is 12.9. The molecule has 152 valence electrons. The first-order chi connectivity index (χ1) is 14.5. The Kier molecular flexibility index (Phi) is 6.83. The predicted molar refractivity (Wildman–Crippen MR) is 110 cm³/mol. The molecule has 8 heteroatoms. The molecule has 0 aliphatic rings. The van der Waals surface area contributed by atoms with Crippen LogP contribution in [0.5, 0.6) is 5.75 Å². The fourth-order valence-corrected chi connectivity index (χ4v) is 2.62. The smallest absolute Gasteiger partial charge is 0.311 e. The van der Waals surface area contributed by atoms with Crippen LogP contribution in [0.2, 0.25) is 0 Å². The lowest BCUT2D eigenvalue weighted by atomic mass is 10.1. The highest BCUT2D eigenvalue weighted by atomic mass is 19.1. The van der Waals surface area contributed by atoms with Crippen molar-refractivity contribution in [3.63, 3.8) is 0 Å². The molecular weight excluding hydrogens is 389 g/mol. The summed E-state index contributed by atoms with van der Waals surface area (Å²) in [4.78, 5) is 22.7. The molecule has 7 nitrogen and oxygen atoms in total. The quantitative estimate of drug-likeness (QED) is 0.347. The average Bonchev–Trinajstić information content (AvgIpc) is 2.75. The van der Waals surface area contributed by atoms with Gasteiger partial charge in [0, 0.05) is 11.6 Å². The molecule has 1 N–H and O–H groups in total. The number of amides is 1. The Balaban J connectivity index is 1.61. The topological polar surface area (TPSA) is 93.8 Å². The molecule has 3 rings (SSSR count). The molecule has 0 heterocycles. The average molecular weight is 407 g/mol. The number of rotatable bonds is 8. The van der Waals surface area contributed by atoms with E-state index in [0.717, 1.165) is 5.56 Å². The summed E-state index contributed by atoms with van der Waals surface area (Å²) in [5.41, 5.74) is 4.09. The number of nitrogens with one attached hydrogen (secondary N) is 1. The summed E-state index contributed by atoms with van der Waals surface area (Å²) in [6, 6.07) is 19.3. The number of hydrazone groups is 1. The number of hydrogen-bond donors (Lipinski definition) is 1. The normalized spacial score (nSPS) is 10.7. The Labute approximate surface area is 172 Å². The van der Waals surface area contributed by atoms with Crippen LogP contribution in [0.4, 0.5) is 10.1 Å². The van der Waals surface area contributed by atoms with Crippen molar-refractivity contribution in [2.75, 3.05) is 0 Å². The summed E-state index contributed by atoms with van der Waals surface area (Å²) < 4.78 is 18.5. The van der Waals surface area contributed by atoms with Crippen molar-refractivity contribution in [1.29, 1.82) is 0 Å². The molecule has 0 bridgehead atoms. The molecule has 0 aliphatic carbocycles. The third kappa shape index (κ3) is 5.96. The molecule has 0 atom stereocenters. The molecule has 3 aromatic carbocycles. The monoisotopic (exact) mass is 407 g/mol. The van der Waals surface area contributed by atoms with Gasteiger partial charge in [0.2, 0.25) is 5.91 Å². The SMILES string of the molecule is O=C(Cc1ccc(F)cc1)N/N=C/c1ccc(OCc2ccccc2)c([N+](=O)[O-])c1. The third-order valence-corrected chi connectivity index (χ3v) is 4.10. The van der Waals surface area contributed by atoms with E-state index in [1.807, 2.05) is 30.3 Å². The maximum Gasteiger partial charge on any atom is 0.311 e. The number of hydrogen-bond acceptors (Lipinski definition) is 5. The molecule has 0 aliphatic heterocycles. The van der Waals surface area contributed by atoms with Crippen molar-refractivity contribution in [3.05, 3.63) is 105 Å². The van der Waals surface area contributed by atoms with Crippen LogP contribution in [0.15, 0.2) is 77.9 Å². The van der Waals surface area contributed by atoms with E-state index in [4.69, 9.17) is 4.74 Å². The number of nitro groups is 1. The van der Waals surface area contributed by atoms with Crippen molar-refractivity contribution in [2.45, 2.75) is 13.0 Å². The molecule has 30 heavy (non-hydrogen) atoms. The summed E-state index contributed by atoms with van der Waals surface area (Å²) in [6.07, 6.45) is 1.33. The molecular formula is C22H18FN3O4. The van der Waals surface area contributed by atoms with Gasteiger partial charge in [0.25, 0.3) is 0 Å². The fourth-order valence-electron chi connectivity index (χ4n) is 2.62. The molecule has 0 radical (unpaired) electrons. The minimum Gasteiger partial charge on any atom is -0.482 e. The lowest BCUT2D eigenvalue weighted by Gasteiger charge is -2.07. The van der Waals surface area contributed by atoms with Crippen LogP contribution >= 0.6 is 0 Å². The summed E-state index contributed by atoms with van der Waals surface area (Å²) >= 11 is 0. The summed E-state index contributed by atoms with van der Waals surface area (Å²) in [5, 5.41) is 15.2. The number of nitro benzene ring substituents is 1. The van der Waals surface area contributed by atoms with Crippen LogP contribution in [0.3, 0.4) is 0 Å². The molecule has 0 fully saturated rings. The van der Waals surface area contributed by atoms with Crippen LogP contribution in [0.25, 0.3) is 0 Å². The highest BCUT2D eigenvalue weighted by molar-refractivity contribution is 5.84. The fraction of sp³-hybridized carbons (Fsp3) is 0.0909. The first kappa shape index (κ1) is 20.7. The van der Waals surface area contributed by atoms with Gasteiger partial charge in [0.15, 0.2) is 5.75 Å². The van der Waals surface area contributed by atoms with E-state index < -0.39 is 10.8 Å². The van der Waals surface area contributed by atoms with Gasteiger partial charge in [-0.25, -0.2) is 9.82 Å². The van der Waals surface area contributed by atoms with E-state index >= 15 is 0 Å². The van der Waals surface area contributed by atoms with Crippen LogP contribution < -0.4 is 10.2 Å². The second kappa shape index (κ2) is 9.92. The summed E-state index contributed by atoms with van der Waals surface area (Å²) in [7, 11) is 0. The molecule has 3 aromatic rings. The first-order valence-electron chi connectivity index (χ1n) is 9.03. The second-order valence-electron chi connectivity index (χ2n) is 6.35. The number of carbonyl (C=O) groups excluding carboxylic acids is 1. The van der Waals surface area contributed by atoms with Crippen LogP contribution in [-0.4, -0.2) is 17.0 Å². The Morgan fingerprint density at radius 3 is 2.50 bits per heavy atom. The predicted octanol–water partition coefficient (Wildman–Crippen LogP) is 4.01. The van der Waals surface area contributed by atoms with Crippen molar-refractivity contribution >= 4 is 17.8 Å². The second-order valence-corrected chi connectivity index (χ2v) is 6.35. The highest BCUT2D eigenvalue weighted by Crippen LogP contribution is 2.28. The van der Waals surface area contributed by atoms with E-state index in [9.17, 15) is 19.3 Å². The van der Waals surface area contributed by atoms with Gasteiger partial charge in [-0.15, -0.1) is 0 Å². The largest absolute Gasteiger partial charge is 0.482 e. The molecule has 1 amide bonds. The van der Waals surface area contributed by atoms with Gasteiger partial charge in [-0.2, -0.15) is 5.10 Å². The molecule has 0 saturated carbocycles. The zero-order valence-corrected chi connectivity index (χ0v) is 15.8. The van der Waals surface area contributed by atoms with E-state index in [1.54, 1.807) is 6.07 Å². The van der Waals surface area contributed by atoms with Crippen molar-refractivity contribution in [1.82, 2.24) is 5.43 Å². The lowest BCUT2D eigenvalue weighted by molar-refractivity contribution is -0.385. The number of nitrogens with zero attached hydrogens (tertiary/aromatic N) is 2. The number of benzene rings is 3. The van der Waals surface area contributed by atoms with Gasteiger partial charge in [-0.1, -0.05) is 42.5 Å². The van der Waals surface area contributed by atoms with Gasteiger partial charge < -0.3 is 4.74 Å². The third-order valence-electron chi connectivity index (χ3n) is 4.10. The van der Waals surface area contributed by atoms with Gasteiger partial charge in [0.1, 0.15) is 12.4 Å². The van der Waals surface area contributed by atoms with Gasteiger partial charge in [-0.3, -0.25) is 14.9 Å². The standard InChI is InChI=1S/C22H18FN3O4/c23-19-9-6-16(7-10-19)13-22(27)25-24-14-18-8-11-21(20(12-18)26(28)29)30-15-17-4-2-1-3-5-17/h1-12,14H,13,15H2,(H,25,27)/b24-14+. The summed E-state index contributed by atoms with van der Waals surface area (Å²) in [6.45, 7) is 0.203. The van der Waals surface area contributed by atoms with Gasteiger partial charge in [0.05, 0.1) is 17.6 Å². The first-order valence-corrected chi connectivity index (χ1v) is 9.03. The van der Waals surface area contributed by atoms with Crippen molar-refractivity contribution in [2.24, 2.45) is 5.10 Å². The number of carbonyl (C=O) groups is 1. The Hall–Kier alpha value is -4.07. The van der Waals surface area contributed by atoms with Crippen LogP contribution in [0, 0.1) is 15.9 Å². The Bertz CT molecular complexity index is 1050. The van der Waals surface area contributed by atoms with E-state index in [1.165, 1.54) is 42.6 Å². The van der Waals surface area contributed by atoms with E-state index in [0.29, 0.717) is 11.1 Å². The minimum atomic E-state index is -0.537. The van der Waals surface area contributed by atoms with Crippen molar-refractivity contribution < 1.29 is 18.8 Å². The molecule has 0 spiro atoms. The van der Waals surface area contributed by atoms with E-state index in [2.05, 4.69) is 10.5 Å². The minimum absolute atomic E-state index is 0.0318. The van der Waals surface area contributed by atoms with Crippen LogP contribution in [-0.2, 0) is 17.8 Å².